The Kier molecular flexibility index (Phi) is 8.72. The molecule has 1 aliphatic rings. The van der Waals surface area contributed by atoms with Crippen molar-refractivity contribution < 1.29 is 32.3 Å². The van der Waals surface area contributed by atoms with Crippen LogP contribution in [0, 0.1) is 0 Å². The topological polar surface area (TPSA) is 150 Å². The highest BCUT2D eigenvalue weighted by Crippen LogP contribution is 2.41. The zero-order valence-electron chi connectivity index (χ0n) is 21.1. The molecule has 4 heterocycles. The van der Waals surface area contributed by atoms with Crippen molar-refractivity contribution in [1.82, 2.24) is 15.0 Å². The van der Waals surface area contributed by atoms with Crippen LogP contribution in [0.5, 0.6) is 0 Å². The second-order valence-electron chi connectivity index (χ2n) is 8.23. The van der Waals surface area contributed by atoms with Gasteiger partial charge >= 0.3 is 7.82 Å². The third-order valence-electron chi connectivity index (χ3n) is 5.72. The molecule has 2 atom stereocenters. The normalized spacial score (nSPS) is 17.1. The van der Waals surface area contributed by atoms with Crippen LogP contribution in [-0.4, -0.2) is 35.0 Å². The van der Waals surface area contributed by atoms with E-state index < -0.39 is 7.82 Å². The fraction of sp³-hybridized carbons (Fsp3) is 0.240. The van der Waals surface area contributed by atoms with E-state index in [1.54, 1.807) is 37.6 Å². The first-order valence-electron chi connectivity index (χ1n) is 11.6. The Hall–Kier alpha value is -3.80. The predicted octanol–water partition coefficient (Wildman–Crippen LogP) is 2.49. The molecule has 3 aromatic heterocycles. The fourth-order valence-corrected chi connectivity index (χ4v) is 4.05. The van der Waals surface area contributed by atoms with Crippen LogP contribution >= 0.6 is 7.82 Å². The van der Waals surface area contributed by atoms with E-state index >= 15 is 0 Å². The minimum Gasteiger partial charge on any atom is -0.363 e. The standard InChI is InChI=1S/C25H29N6O6P/c1-4-30-11-9-19(13-23(30)27-2)16-35-24-8-7-18(15-28-24)12-20-14-22(37-29-20)21-6-5-10-31(25(21)26)17-36-38(32,33)34-3/h4-11,13-15,24,26,28H,1,12,16-17H2,2-3H3,(H,32,33)/p+1. The lowest BCUT2D eigenvalue weighted by Crippen LogP contribution is -2.38. The molecule has 2 unspecified atom stereocenters. The van der Waals surface area contributed by atoms with Gasteiger partial charge in [-0.2, -0.15) is 0 Å². The highest BCUT2D eigenvalue weighted by atomic mass is 31.2. The highest BCUT2D eigenvalue weighted by Gasteiger charge is 2.23. The zero-order valence-corrected chi connectivity index (χ0v) is 22.0. The van der Waals surface area contributed by atoms with Gasteiger partial charge in [-0.3, -0.25) is 15.2 Å². The number of hydrogen-bond donors (Lipinski definition) is 3. The Balaban J connectivity index is 1.34. The maximum absolute atomic E-state index is 11.6. The molecule has 0 fully saturated rings. The van der Waals surface area contributed by atoms with Crippen molar-refractivity contribution in [2.75, 3.05) is 19.9 Å². The fourth-order valence-electron chi connectivity index (χ4n) is 3.67. The Morgan fingerprint density at radius 2 is 2.26 bits per heavy atom. The van der Waals surface area contributed by atoms with Crippen molar-refractivity contribution in [2.45, 2.75) is 26.0 Å². The van der Waals surface area contributed by atoms with Gasteiger partial charge in [0.25, 0.3) is 5.82 Å². The summed E-state index contributed by atoms with van der Waals surface area (Å²) in [5.41, 5.74) is 10.3. The quantitative estimate of drug-likeness (QED) is 0.246. The maximum atomic E-state index is 11.6. The molecule has 12 nitrogen and oxygen atoms in total. The molecule has 200 valence electrons. The first-order chi connectivity index (χ1) is 18.3. The first-order valence-corrected chi connectivity index (χ1v) is 13.1. The van der Waals surface area contributed by atoms with Crippen LogP contribution in [-0.2, 0) is 38.1 Å². The molecule has 38 heavy (non-hydrogen) atoms. The molecule has 4 N–H and O–H groups in total. The third-order valence-corrected chi connectivity index (χ3v) is 6.62. The molecule has 0 aliphatic carbocycles. The number of phosphoric ester groups is 1. The number of rotatable bonds is 11. The van der Waals surface area contributed by atoms with Crippen LogP contribution in [0.2, 0.25) is 0 Å². The molecule has 3 aromatic rings. The van der Waals surface area contributed by atoms with Crippen molar-refractivity contribution >= 4 is 19.8 Å². The van der Waals surface area contributed by atoms with Gasteiger partial charge in [0.05, 0.1) is 18.5 Å². The smallest absolute Gasteiger partial charge is 0.363 e. The van der Waals surface area contributed by atoms with E-state index in [4.69, 9.17) is 19.5 Å². The Bertz CT molecular complexity index is 1480. The first kappa shape index (κ1) is 27.2. The van der Waals surface area contributed by atoms with Gasteiger partial charge in [0, 0.05) is 45.2 Å². The van der Waals surface area contributed by atoms with Crippen molar-refractivity contribution in [1.29, 1.82) is 0 Å². The largest absolute Gasteiger partial charge is 0.475 e. The molecule has 0 spiro atoms. The predicted molar refractivity (Wildman–Crippen MR) is 139 cm³/mol. The minimum absolute atomic E-state index is 0.269. The molecule has 0 saturated carbocycles. The van der Waals surface area contributed by atoms with Crippen LogP contribution in [0.25, 0.3) is 17.5 Å². The van der Waals surface area contributed by atoms with Crippen LogP contribution in [0.15, 0.2) is 82.7 Å². The average Bonchev–Trinajstić information content (AvgIpc) is 3.40. The number of nitrogens with two attached hydrogens (primary N) is 1. The van der Waals surface area contributed by atoms with E-state index in [-0.39, 0.29) is 18.8 Å². The summed E-state index contributed by atoms with van der Waals surface area (Å²) in [6.45, 7) is 3.92. The monoisotopic (exact) mass is 541 g/mol. The number of aromatic nitrogens is 3. The second-order valence-corrected chi connectivity index (χ2v) is 9.79. The summed E-state index contributed by atoms with van der Waals surface area (Å²) in [5.74, 6) is 0.737. The second kappa shape index (κ2) is 12.2. The lowest BCUT2D eigenvalue weighted by atomic mass is 10.1. The Morgan fingerprint density at radius 3 is 2.97 bits per heavy atom. The summed E-state index contributed by atoms with van der Waals surface area (Å²) >= 11 is 0. The van der Waals surface area contributed by atoms with Crippen LogP contribution < -0.4 is 21.1 Å². The van der Waals surface area contributed by atoms with Crippen LogP contribution in [0.4, 0.5) is 5.82 Å². The average molecular weight is 542 g/mol. The number of phosphoric acid groups is 1. The zero-order chi connectivity index (χ0) is 27.1. The van der Waals surface area contributed by atoms with E-state index in [2.05, 4.69) is 26.6 Å². The summed E-state index contributed by atoms with van der Waals surface area (Å²) in [4.78, 5) is 13.7. The minimum atomic E-state index is -4.14. The number of dihydropyridines is 1. The molecule has 1 aliphatic heterocycles. The lowest BCUT2D eigenvalue weighted by Gasteiger charge is -2.19. The summed E-state index contributed by atoms with van der Waals surface area (Å²) in [6.07, 6.45) is 11.3. The third kappa shape index (κ3) is 6.74. The highest BCUT2D eigenvalue weighted by molar-refractivity contribution is 7.47. The number of nitrogens with zero attached hydrogens (tertiary/aromatic N) is 4. The lowest BCUT2D eigenvalue weighted by molar-refractivity contribution is -0.711. The maximum Gasteiger partial charge on any atom is 0.475 e. The van der Waals surface area contributed by atoms with Gasteiger partial charge in [0.2, 0.25) is 6.73 Å². The summed E-state index contributed by atoms with van der Waals surface area (Å²) in [5, 5.41) is 7.39. The Morgan fingerprint density at radius 1 is 1.42 bits per heavy atom. The molecular weight excluding hydrogens is 511 g/mol. The number of nitrogen functional groups attached to an aromatic ring is 1. The molecule has 0 aromatic carbocycles. The van der Waals surface area contributed by atoms with E-state index in [1.165, 1.54) is 4.57 Å². The van der Waals surface area contributed by atoms with Gasteiger partial charge < -0.3 is 24.0 Å². The van der Waals surface area contributed by atoms with Crippen molar-refractivity contribution in [3.63, 3.8) is 0 Å². The van der Waals surface area contributed by atoms with E-state index in [9.17, 15) is 9.46 Å². The summed E-state index contributed by atoms with van der Waals surface area (Å²) in [6, 6.07) is 9.19. The van der Waals surface area contributed by atoms with Gasteiger partial charge in [-0.25, -0.2) is 13.7 Å². The number of hydrogen-bond acceptors (Lipinski definition) is 9. The summed E-state index contributed by atoms with van der Waals surface area (Å²) in [7, 11) is -1.32. The van der Waals surface area contributed by atoms with Crippen molar-refractivity contribution in [3.05, 3.63) is 90.0 Å². The van der Waals surface area contributed by atoms with Gasteiger partial charge in [-0.05, 0) is 41.5 Å². The molecule has 0 saturated heterocycles. The van der Waals surface area contributed by atoms with Gasteiger partial charge in [-0.1, -0.05) is 17.8 Å². The van der Waals surface area contributed by atoms with Gasteiger partial charge in [0.1, 0.15) is 17.3 Å². The number of pyridine rings is 2. The number of anilines is 1. The molecule has 0 bridgehead atoms. The van der Waals surface area contributed by atoms with Crippen molar-refractivity contribution in [3.8, 4) is 11.3 Å². The SMILES string of the molecule is C=Cn1ccc(COC2C=CC(Cc3cc(-c4ccc[n+](COP(=O)(O)OC)c4N)on3)=CN2)cc1=NC. The van der Waals surface area contributed by atoms with E-state index in [1.807, 2.05) is 41.2 Å². The Labute approximate surface area is 219 Å². The number of nitrogens with one attached hydrogen (secondary N) is 1. The molecule has 4 rings (SSSR count). The van der Waals surface area contributed by atoms with Gasteiger partial charge in [-0.15, -0.1) is 0 Å². The molecular formula is C25H30N6O6P+. The van der Waals surface area contributed by atoms with E-state index in [0.717, 1.165) is 23.7 Å². The molecule has 13 heteroatoms. The molecule has 0 amide bonds. The summed E-state index contributed by atoms with van der Waals surface area (Å²) < 4.78 is 35.7. The van der Waals surface area contributed by atoms with Crippen molar-refractivity contribution in [2.24, 2.45) is 4.99 Å². The van der Waals surface area contributed by atoms with Crippen LogP contribution in [0.3, 0.4) is 0 Å². The van der Waals surface area contributed by atoms with E-state index in [0.29, 0.717) is 30.0 Å². The number of ether oxygens (including phenoxy) is 1. The molecule has 0 radical (unpaired) electrons. The van der Waals surface area contributed by atoms with Crippen LogP contribution in [0.1, 0.15) is 11.3 Å². The van der Waals surface area contributed by atoms with Gasteiger partial charge in [0.15, 0.2) is 5.76 Å². The number of allylic oxidation sites excluding steroid dienone is 2.